The van der Waals surface area contributed by atoms with E-state index in [9.17, 15) is 24.6 Å². The standard InChI is InChI=1S/C32H44N2O9/c1-16(14-17(2)28-18(3)23-12-13-32(15-40-32)31(6,42-23)43-28)8-9-22(36)25-27(37)26(19(4)29(38)33-7)34(30(25)39)24-11-10-21(35)20(5)41-24/h8-9,12-14,17-21,23-24,26,28,35,39H,10-11,15H2,1-7H3,(H,33,38)/b9-8+,16-14+/t17-,18+,19+,20+,21+,23+,24+,26+,28+,31+,32+/m1/s1. The molecule has 0 aromatic heterocycles. The number of aliphatic hydroxyl groups excluding tert-OH is 2. The van der Waals surface area contributed by atoms with Crippen LogP contribution >= 0.6 is 0 Å². The van der Waals surface area contributed by atoms with Gasteiger partial charge in [-0.25, -0.2) is 0 Å². The average molecular weight is 601 g/mol. The summed E-state index contributed by atoms with van der Waals surface area (Å²) in [5.41, 5.74) is -0.149. The fourth-order valence-corrected chi connectivity index (χ4v) is 6.83. The quantitative estimate of drug-likeness (QED) is 0.125. The van der Waals surface area contributed by atoms with Crippen molar-refractivity contribution in [3.05, 3.63) is 47.4 Å². The van der Waals surface area contributed by atoms with Crippen LogP contribution in [0.1, 0.15) is 54.4 Å². The lowest BCUT2D eigenvalue weighted by Crippen LogP contribution is -2.61. The molecule has 0 unspecified atom stereocenters. The highest BCUT2D eigenvalue weighted by Gasteiger charge is 2.66. The molecule has 11 heteroatoms. The summed E-state index contributed by atoms with van der Waals surface area (Å²) in [5, 5.41) is 23.9. The summed E-state index contributed by atoms with van der Waals surface area (Å²) in [4.78, 5) is 40.9. The van der Waals surface area contributed by atoms with Crippen LogP contribution in [0.2, 0.25) is 0 Å². The Bertz CT molecular complexity index is 1280. The maximum Gasteiger partial charge on any atom is 0.225 e. The predicted octanol–water partition coefficient (Wildman–Crippen LogP) is 2.46. The Morgan fingerprint density at radius 3 is 2.51 bits per heavy atom. The molecule has 3 fully saturated rings. The molecule has 0 aliphatic carbocycles. The van der Waals surface area contributed by atoms with Gasteiger partial charge in [0, 0.05) is 18.9 Å². The number of ether oxygens (including phenoxy) is 4. The molecule has 0 radical (unpaired) electrons. The van der Waals surface area contributed by atoms with Crippen molar-refractivity contribution in [1.29, 1.82) is 0 Å². The summed E-state index contributed by atoms with van der Waals surface area (Å²) >= 11 is 0. The second-order valence-corrected chi connectivity index (χ2v) is 12.7. The third-order valence-corrected chi connectivity index (χ3v) is 9.68. The molecule has 43 heavy (non-hydrogen) atoms. The van der Waals surface area contributed by atoms with Crippen LogP contribution in [0.15, 0.2) is 47.4 Å². The monoisotopic (exact) mass is 600 g/mol. The van der Waals surface area contributed by atoms with E-state index in [2.05, 4.69) is 25.2 Å². The molecule has 1 amide bonds. The molecular weight excluding hydrogens is 556 g/mol. The lowest BCUT2D eigenvalue weighted by atomic mass is 9.82. The number of epoxide rings is 1. The Kier molecular flexibility index (Phi) is 8.51. The first-order chi connectivity index (χ1) is 20.2. The first-order valence-electron chi connectivity index (χ1n) is 15.1. The number of allylic oxidation sites excluding steroid dienone is 3. The number of hydrogen-bond acceptors (Lipinski definition) is 10. The molecular formula is C32H44N2O9. The number of fused-ring (bicyclic) bond motifs is 3. The van der Waals surface area contributed by atoms with E-state index in [1.54, 1.807) is 19.9 Å². The summed E-state index contributed by atoms with van der Waals surface area (Å²) in [5.74, 6) is -3.93. The molecule has 11 nitrogen and oxygen atoms in total. The Balaban J connectivity index is 1.34. The van der Waals surface area contributed by atoms with Gasteiger partial charge in [0.15, 0.2) is 17.2 Å². The highest BCUT2D eigenvalue weighted by Crippen LogP contribution is 2.52. The Labute approximate surface area is 252 Å². The smallest absolute Gasteiger partial charge is 0.225 e. The van der Waals surface area contributed by atoms with E-state index in [4.69, 9.17) is 18.9 Å². The van der Waals surface area contributed by atoms with Crippen molar-refractivity contribution in [1.82, 2.24) is 10.2 Å². The van der Waals surface area contributed by atoms with Crippen LogP contribution in [-0.4, -0.2) is 94.3 Å². The lowest BCUT2D eigenvalue weighted by Gasteiger charge is -2.51. The number of ketones is 2. The molecule has 2 bridgehead atoms. The molecule has 5 aliphatic rings. The summed E-state index contributed by atoms with van der Waals surface area (Å²) in [6.45, 7) is 11.7. The fraction of sp³-hybridized carbons (Fsp3) is 0.656. The number of aliphatic hydroxyl groups is 2. The molecule has 11 atom stereocenters. The topological polar surface area (TPSA) is 147 Å². The Hall–Kier alpha value is -2.83. The summed E-state index contributed by atoms with van der Waals surface area (Å²) in [7, 11) is 1.46. The van der Waals surface area contributed by atoms with Crippen LogP contribution in [-0.2, 0) is 33.3 Å². The predicted molar refractivity (Wildman–Crippen MR) is 155 cm³/mol. The maximum absolute atomic E-state index is 13.6. The molecule has 0 aromatic carbocycles. The first kappa shape index (κ1) is 31.6. The van der Waals surface area contributed by atoms with E-state index in [0.29, 0.717) is 19.4 Å². The Morgan fingerprint density at radius 1 is 1.19 bits per heavy atom. The molecule has 3 N–H and O–H groups in total. The fourth-order valence-electron chi connectivity index (χ4n) is 6.83. The lowest BCUT2D eigenvalue weighted by molar-refractivity contribution is -0.346. The van der Waals surface area contributed by atoms with Gasteiger partial charge >= 0.3 is 0 Å². The molecule has 236 valence electrons. The minimum atomic E-state index is -1.13. The summed E-state index contributed by atoms with van der Waals surface area (Å²) in [6, 6.07) is -1.13. The van der Waals surface area contributed by atoms with Crippen molar-refractivity contribution in [2.24, 2.45) is 17.8 Å². The third kappa shape index (κ3) is 5.50. The van der Waals surface area contributed by atoms with Gasteiger partial charge in [-0.15, -0.1) is 0 Å². The van der Waals surface area contributed by atoms with Gasteiger partial charge in [-0.05, 0) is 45.8 Å². The normalized spacial score (nSPS) is 40.7. The number of Topliss-reactive ketones (excluding diaryl/α,β-unsaturated/α-hetero) is 1. The average Bonchev–Trinajstić information content (AvgIpc) is 3.71. The second kappa shape index (κ2) is 11.6. The molecule has 0 saturated carbocycles. The Morgan fingerprint density at radius 2 is 1.88 bits per heavy atom. The number of nitrogens with one attached hydrogen (secondary N) is 1. The maximum atomic E-state index is 13.6. The van der Waals surface area contributed by atoms with E-state index in [1.807, 2.05) is 26.0 Å². The van der Waals surface area contributed by atoms with E-state index < -0.39 is 65.1 Å². The van der Waals surface area contributed by atoms with E-state index >= 15 is 0 Å². The molecule has 5 rings (SSSR count). The van der Waals surface area contributed by atoms with Gasteiger partial charge in [-0.1, -0.05) is 44.6 Å². The molecule has 3 saturated heterocycles. The van der Waals surface area contributed by atoms with Crippen LogP contribution in [0, 0.1) is 17.8 Å². The number of carbonyl (C=O) groups is 3. The number of hydrogen-bond donors (Lipinski definition) is 3. The zero-order chi connectivity index (χ0) is 31.4. The van der Waals surface area contributed by atoms with Gasteiger partial charge in [0.2, 0.25) is 17.6 Å². The zero-order valence-electron chi connectivity index (χ0n) is 25.9. The summed E-state index contributed by atoms with van der Waals surface area (Å²) in [6.07, 6.45) is 7.42. The highest BCUT2D eigenvalue weighted by molar-refractivity contribution is 6.27. The molecule has 0 aromatic rings. The van der Waals surface area contributed by atoms with Crippen molar-refractivity contribution in [3.8, 4) is 0 Å². The van der Waals surface area contributed by atoms with Gasteiger partial charge in [-0.3, -0.25) is 14.4 Å². The second-order valence-electron chi connectivity index (χ2n) is 12.7. The first-order valence-corrected chi connectivity index (χ1v) is 15.1. The zero-order valence-corrected chi connectivity index (χ0v) is 25.9. The van der Waals surface area contributed by atoms with Crippen LogP contribution in [0.4, 0.5) is 0 Å². The van der Waals surface area contributed by atoms with E-state index in [-0.39, 0.29) is 29.6 Å². The largest absolute Gasteiger partial charge is 0.494 e. The van der Waals surface area contributed by atoms with Crippen molar-refractivity contribution in [3.63, 3.8) is 0 Å². The van der Waals surface area contributed by atoms with Gasteiger partial charge in [0.25, 0.3) is 0 Å². The number of amides is 1. The molecule has 5 heterocycles. The number of carbonyl (C=O) groups excluding carboxylic acids is 3. The van der Waals surface area contributed by atoms with Crippen LogP contribution in [0.3, 0.4) is 0 Å². The van der Waals surface area contributed by atoms with Crippen LogP contribution < -0.4 is 5.32 Å². The van der Waals surface area contributed by atoms with Gasteiger partial charge < -0.3 is 39.4 Å². The van der Waals surface area contributed by atoms with Crippen molar-refractivity contribution in [2.75, 3.05) is 13.7 Å². The van der Waals surface area contributed by atoms with Gasteiger partial charge in [-0.2, -0.15) is 0 Å². The van der Waals surface area contributed by atoms with Gasteiger partial charge in [0.05, 0.1) is 36.9 Å². The van der Waals surface area contributed by atoms with Crippen LogP contribution in [0.25, 0.3) is 0 Å². The van der Waals surface area contributed by atoms with Crippen LogP contribution in [0.5, 0.6) is 0 Å². The van der Waals surface area contributed by atoms with Crippen molar-refractivity contribution in [2.45, 2.75) is 102 Å². The van der Waals surface area contributed by atoms with E-state index in [0.717, 1.165) is 5.57 Å². The minimum absolute atomic E-state index is 0.0300. The molecule has 5 aliphatic heterocycles. The third-order valence-electron chi connectivity index (χ3n) is 9.68. The molecule has 1 spiro atoms. The summed E-state index contributed by atoms with van der Waals surface area (Å²) < 4.78 is 24.3. The van der Waals surface area contributed by atoms with Crippen molar-refractivity contribution < 1.29 is 43.5 Å². The highest BCUT2D eigenvalue weighted by atomic mass is 16.8. The number of rotatable bonds is 8. The number of nitrogens with zero attached hydrogens (tertiary/aromatic N) is 1. The SMILES string of the molecule is CNC(=O)[C@@H](C)[C@H]1C(=O)C(C(=O)/C=C/C(C)=C/[C@@H](C)[C@@H]2O[C@]3(C)O[C@@H](C=C[C@]34CO4)[C@@H]2C)=C(O)N1[C@@H]1CC[C@H](O)[C@H](C)O1. The van der Waals surface area contributed by atoms with Crippen molar-refractivity contribution >= 4 is 17.5 Å². The van der Waals surface area contributed by atoms with Gasteiger partial charge in [0.1, 0.15) is 17.8 Å². The van der Waals surface area contributed by atoms with E-state index in [1.165, 1.54) is 18.0 Å². The minimum Gasteiger partial charge on any atom is -0.494 e.